The molecule has 23 heavy (non-hydrogen) atoms. The molecule has 0 saturated carbocycles. The summed E-state index contributed by atoms with van der Waals surface area (Å²) in [5, 5.41) is 17.0. The monoisotopic (exact) mass is 334 g/mol. The van der Waals surface area contributed by atoms with Crippen LogP contribution in [0.2, 0.25) is 0 Å². The topological polar surface area (TPSA) is 94.0 Å². The molecule has 0 bridgehead atoms. The Morgan fingerprint density at radius 1 is 1.39 bits per heavy atom. The molecule has 0 aliphatic heterocycles. The summed E-state index contributed by atoms with van der Waals surface area (Å²) in [7, 11) is 0. The second kappa shape index (κ2) is 8.18. The Hall–Kier alpha value is -2.55. The number of aromatic nitrogens is 4. The summed E-state index contributed by atoms with van der Waals surface area (Å²) in [6.07, 6.45) is 0.899. The van der Waals surface area contributed by atoms with E-state index >= 15 is 0 Å². The first-order valence-electron chi connectivity index (χ1n) is 7.25. The zero-order chi connectivity index (χ0) is 16.7. The summed E-state index contributed by atoms with van der Waals surface area (Å²) < 4.78 is 5.50. The van der Waals surface area contributed by atoms with Crippen LogP contribution >= 0.6 is 12.2 Å². The zero-order valence-electron chi connectivity index (χ0n) is 12.9. The summed E-state index contributed by atoms with van der Waals surface area (Å²) >= 11 is 5.07. The van der Waals surface area contributed by atoms with Crippen molar-refractivity contribution >= 4 is 29.2 Å². The minimum absolute atomic E-state index is 0.102. The highest BCUT2D eigenvalue weighted by atomic mass is 32.1. The van der Waals surface area contributed by atoms with Gasteiger partial charge in [-0.1, -0.05) is 18.1 Å². The summed E-state index contributed by atoms with van der Waals surface area (Å²) in [5.74, 6) is 0.537. The van der Waals surface area contributed by atoms with Crippen LogP contribution in [0.15, 0.2) is 24.3 Å². The standard InChI is InChI=1S/C14H18N6O2S/c1-3-8-22-11-7-5-6-10(9-11)12(21)15-14(23)16-13-17-19-20(4-2)18-13/h5-7,9H,3-4,8H2,1-2H3,(H2,15,16,18,21,23). The van der Waals surface area contributed by atoms with Crippen LogP contribution in [0.5, 0.6) is 5.75 Å². The van der Waals surface area contributed by atoms with E-state index in [2.05, 4.69) is 26.0 Å². The maximum atomic E-state index is 12.2. The number of amides is 1. The molecule has 0 saturated heterocycles. The fraction of sp³-hybridized carbons (Fsp3) is 0.357. The first-order chi connectivity index (χ1) is 11.1. The van der Waals surface area contributed by atoms with Crippen LogP contribution < -0.4 is 15.4 Å². The lowest BCUT2D eigenvalue weighted by Crippen LogP contribution is -2.34. The molecule has 2 aromatic rings. The number of hydrogen-bond donors (Lipinski definition) is 2. The Bertz CT molecular complexity index is 687. The number of hydrogen-bond acceptors (Lipinski definition) is 6. The Morgan fingerprint density at radius 3 is 2.91 bits per heavy atom. The van der Waals surface area contributed by atoms with E-state index in [1.54, 1.807) is 24.3 Å². The molecule has 2 N–H and O–H groups in total. The molecule has 0 unspecified atom stereocenters. The number of nitrogens with zero attached hydrogens (tertiary/aromatic N) is 4. The van der Waals surface area contributed by atoms with Gasteiger partial charge in [-0.3, -0.25) is 15.4 Å². The van der Waals surface area contributed by atoms with Crippen LogP contribution in [0.3, 0.4) is 0 Å². The molecule has 8 nitrogen and oxygen atoms in total. The van der Waals surface area contributed by atoms with Gasteiger partial charge in [0.1, 0.15) is 5.75 Å². The molecule has 9 heteroatoms. The zero-order valence-corrected chi connectivity index (χ0v) is 13.8. The van der Waals surface area contributed by atoms with Crippen LogP contribution in [-0.2, 0) is 6.54 Å². The lowest BCUT2D eigenvalue weighted by atomic mass is 10.2. The first-order valence-corrected chi connectivity index (χ1v) is 7.66. The third kappa shape index (κ3) is 4.99. The molecule has 1 heterocycles. The molecule has 0 fully saturated rings. The van der Waals surface area contributed by atoms with E-state index in [0.29, 0.717) is 24.5 Å². The number of tetrazole rings is 1. The van der Waals surface area contributed by atoms with Crippen molar-refractivity contribution in [2.45, 2.75) is 26.8 Å². The molecule has 2 rings (SSSR count). The van der Waals surface area contributed by atoms with Crippen molar-refractivity contribution in [1.82, 2.24) is 25.5 Å². The number of aryl methyl sites for hydroxylation is 1. The lowest BCUT2D eigenvalue weighted by Gasteiger charge is -2.08. The fourth-order valence-electron chi connectivity index (χ4n) is 1.68. The number of rotatable bonds is 6. The molecule has 0 aliphatic rings. The van der Waals surface area contributed by atoms with E-state index in [4.69, 9.17) is 17.0 Å². The fourth-order valence-corrected chi connectivity index (χ4v) is 1.87. The Balaban J connectivity index is 1.93. The number of carbonyl (C=O) groups excluding carboxylic acids is 1. The first kappa shape index (κ1) is 16.8. The largest absolute Gasteiger partial charge is 0.494 e. The highest BCUT2D eigenvalue weighted by Crippen LogP contribution is 2.13. The second-order valence-electron chi connectivity index (χ2n) is 4.59. The van der Waals surface area contributed by atoms with Gasteiger partial charge in [-0.05, 0) is 49.0 Å². The smallest absolute Gasteiger partial charge is 0.269 e. The maximum Gasteiger partial charge on any atom is 0.269 e. The number of carbonyl (C=O) groups is 1. The van der Waals surface area contributed by atoms with Crippen LogP contribution in [0.1, 0.15) is 30.6 Å². The van der Waals surface area contributed by atoms with Crippen molar-refractivity contribution in [3.63, 3.8) is 0 Å². The average molecular weight is 334 g/mol. The van der Waals surface area contributed by atoms with Gasteiger partial charge >= 0.3 is 0 Å². The molecular weight excluding hydrogens is 316 g/mol. The van der Waals surface area contributed by atoms with E-state index in [-0.39, 0.29) is 17.0 Å². The van der Waals surface area contributed by atoms with Crippen molar-refractivity contribution in [3.8, 4) is 5.75 Å². The third-order valence-corrected chi connectivity index (χ3v) is 2.96. The van der Waals surface area contributed by atoms with E-state index < -0.39 is 0 Å². The minimum atomic E-state index is -0.340. The normalized spacial score (nSPS) is 10.2. The van der Waals surface area contributed by atoms with Gasteiger partial charge in [-0.25, -0.2) is 0 Å². The van der Waals surface area contributed by atoms with Gasteiger partial charge in [-0.2, -0.15) is 4.80 Å². The van der Waals surface area contributed by atoms with Crippen molar-refractivity contribution in [2.24, 2.45) is 0 Å². The molecule has 0 radical (unpaired) electrons. The number of ether oxygens (including phenoxy) is 1. The van der Waals surface area contributed by atoms with E-state index in [9.17, 15) is 4.79 Å². The van der Waals surface area contributed by atoms with Crippen LogP contribution in [-0.4, -0.2) is 37.8 Å². The lowest BCUT2D eigenvalue weighted by molar-refractivity contribution is 0.0977. The summed E-state index contributed by atoms with van der Waals surface area (Å²) in [4.78, 5) is 13.6. The molecule has 1 amide bonds. The predicted molar refractivity (Wildman–Crippen MR) is 89.4 cm³/mol. The Kier molecular flexibility index (Phi) is 5.98. The second-order valence-corrected chi connectivity index (χ2v) is 4.99. The van der Waals surface area contributed by atoms with Crippen molar-refractivity contribution in [3.05, 3.63) is 29.8 Å². The minimum Gasteiger partial charge on any atom is -0.494 e. The van der Waals surface area contributed by atoms with Gasteiger partial charge in [0.2, 0.25) is 0 Å². The molecule has 1 aromatic heterocycles. The van der Waals surface area contributed by atoms with Crippen LogP contribution in [0, 0.1) is 0 Å². The predicted octanol–water partition coefficient (Wildman–Crippen LogP) is 1.61. The maximum absolute atomic E-state index is 12.2. The molecular formula is C14H18N6O2S. The molecule has 1 aromatic carbocycles. The Labute approximate surface area is 139 Å². The number of nitrogens with one attached hydrogen (secondary N) is 2. The van der Waals surface area contributed by atoms with Gasteiger partial charge in [0.15, 0.2) is 5.11 Å². The molecule has 0 aliphatic carbocycles. The molecule has 0 atom stereocenters. The summed E-state index contributed by atoms with van der Waals surface area (Å²) in [5.41, 5.74) is 0.452. The van der Waals surface area contributed by atoms with Gasteiger partial charge in [-0.15, -0.1) is 5.10 Å². The van der Waals surface area contributed by atoms with E-state index in [1.165, 1.54) is 4.80 Å². The highest BCUT2D eigenvalue weighted by Gasteiger charge is 2.10. The van der Waals surface area contributed by atoms with Crippen LogP contribution in [0.4, 0.5) is 5.95 Å². The Morgan fingerprint density at radius 2 is 2.22 bits per heavy atom. The van der Waals surface area contributed by atoms with E-state index in [0.717, 1.165) is 6.42 Å². The van der Waals surface area contributed by atoms with Gasteiger partial charge < -0.3 is 4.74 Å². The van der Waals surface area contributed by atoms with Crippen LogP contribution in [0.25, 0.3) is 0 Å². The summed E-state index contributed by atoms with van der Waals surface area (Å²) in [6, 6.07) is 6.91. The van der Waals surface area contributed by atoms with Gasteiger partial charge in [0.25, 0.3) is 11.9 Å². The van der Waals surface area contributed by atoms with Gasteiger partial charge in [0.05, 0.1) is 13.2 Å². The third-order valence-electron chi connectivity index (χ3n) is 2.76. The quantitative estimate of drug-likeness (QED) is 0.775. The number of benzene rings is 1. The number of anilines is 1. The average Bonchev–Trinajstić information content (AvgIpc) is 3.00. The van der Waals surface area contributed by atoms with E-state index in [1.807, 2.05) is 13.8 Å². The molecule has 122 valence electrons. The van der Waals surface area contributed by atoms with Crippen molar-refractivity contribution in [2.75, 3.05) is 11.9 Å². The summed E-state index contributed by atoms with van der Waals surface area (Å²) in [6.45, 7) is 5.10. The van der Waals surface area contributed by atoms with Crippen molar-refractivity contribution in [1.29, 1.82) is 0 Å². The van der Waals surface area contributed by atoms with Crippen molar-refractivity contribution < 1.29 is 9.53 Å². The highest BCUT2D eigenvalue weighted by molar-refractivity contribution is 7.80. The molecule has 0 spiro atoms. The SMILES string of the molecule is CCCOc1cccc(C(=O)NC(=S)Nc2nnn(CC)n2)c1. The number of thiocarbonyl (C=S) groups is 1. The van der Waals surface area contributed by atoms with Gasteiger partial charge in [0, 0.05) is 5.56 Å².